The van der Waals surface area contributed by atoms with E-state index in [-0.39, 0.29) is 11.8 Å². The molecule has 2 unspecified atom stereocenters. The van der Waals surface area contributed by atoms with E-state index in [0.29, 0.717) is 12.6 Å². The first-order valence-corrected chi connectivity index (χ1v) is 7.21. The minimum absolute atomic E-state index is 0.228. The highest BCUT2D eigenvalue weighted by Crippen LogP contribution is 2.34. The van der Waals surface area contributed by atoms with Crippen molar-refractivity contribution < 1.29 is 9.84 Å². The molecule has 0 bridgehead atoms. The maximum Gasteiger partial charge on any atom is 0.127 e. The van der Waals surface area contributed by atoms with Gasteiger partial charge in [0.1, 0.15) is 18.1 Å². The Morgan fingerprint density at radius 3 is 3.05 bits per heavy atom. The third kappa shape index (κ3) is 2.75. The second-order valence-electron chi connectivity index (χ2n) is 5.89. The summed E-state index contributed by atoms with van der Waals surface area (Å²) in [4.78, 5) is 4.80. The number of rotatable bonds is 3. The SMILES string of the molecule is CN1CCN(C)C(CNC2COc3cc(O)ccc32)C1. The first-order valence-electron chi connectivity index (χ1n) is 7.21. The number of phenols is 1. The quantitative estimate of drug-likeness (QED) is 0.850. The highest BCUT2D eigenvalue weighted by atomic mass is 16.5. The summed E-state index contributed by atoms with van der Waals surface area (Å²) in [6.07, 6.45) is 0. The molecule has 5 nitrogen and oxygen atoms in total. The van der Waals surface area contributed by atoms with Gasteiger partial charge in [-0.2, -0.15) is 0 Å². The molecule has 0 aromatic heterocycles. The normalized spacial score (nSPS) is 27.3. The maximum absolute atomic E-state index is 9.47. The summed E-state index contributed by atoms with van der Waals surface area (Å²) < 4.78 is 5.63. The van der Waals surface area contributed by atoms with Crippen LogP contribution in [0.4, 0.5) is 0 Å². The minimum atomic E-state index is 0.228. The topological polar surface area (TPSA) is 48.0 Å². The van der Waals surface area contributed by atoms with Crippen molar-refractivity contribution in [3.8, 4) is 11.5 Å². The van der Waals surface area contributed by atoms with Crippen molar-refractivity contribution in [1.29, 1.82) is 0 Å². The number of phenolic OH excluding ortho intramolecular Hbond substituents is 1. The van der Waals surface area contributed by atoms with Crippen LogP contribution in [0, 0.1) is 0 Å². The molecular weight excluding hydrogens is 254 g/mol. The number of hydrogen-bond acceptors (Lipinski definition) is 5. The molecule has 0 spiro atoms. The van der Waals surface area contributed by atoms with Crippen molar-refractivity contribution in [2.45, 2.75) is 12.1 Å². The van der Waals surface area contributed by atoms with Crippen LogP contribution in [0.25, 0.3) is 0 Å². The van der Waals surface area contributed by atoms with Crippen LogP contribution in [0.15, 0.2) is 18.2 Å². The number of likely N-dealkylation sites (N-methyl/N-ethyl adjacent to an activating group) is 2. The van der Waals surface area contributed by atoms with Crippen LogP contribution in [-0.4, -0.2) is 67.8 Å². The zero-order valence-corrected chi connectivity index (χ0v) is 12.2. The summed E-state index contributed by atoms with van der Waals surface area (Å²) in [5.74, 6) is 1.06. The van der Waals surface area contributed by atoms with Gasteiger partial charge in [0.25, 0.3) is 0 Å². The Hall–Kier alpha value is -1.30. The Kier molecular flexibility index (Phi) is 3.83. The van der Waals surface area contributed by atoms with Gasteiger partial charge in [-0.15, -0.1) is 0 Å². The zero-order chi connectivity index (χ0) is 14.1. The third-order valence-corrected chi connectivity index (χ3v) is 4.36. The van der Waals surface area contributed by atoms with E-state index in [2.05, 4.69) is 29.2 Å². The number of fused-ring (bicyclic) bond motifs is 1. The van der Waals surface area contributed by atoms with Gasteiger partial charge in [0.15, 0.2) is 0 Å². The lowest BCUT2D eigenvalue weighted by molar-refractivity contribution is 0.110. The van der Waals surface area contributed by atoms with Gasteiger partial charge in [0.2, 0.25) is 0 Å². The number of nitrogens with one attached hydrogen (secondary N) is 1. The molecule has 0 radical (unpaired) electrons. The van der Waals surface area contributed by atoms with Gasteiger partial charge in [-0.25, -0.2) is 0 Å². The van der Waals surface area contributed by atoms with Crippen LogP contribution >= 0.6 is 0 Å². The molecule has 2 atom stereocenters. The number of benzene rings is 1. The Morgan fingerprint density at radius 1 is 1.35 bits per heavy atom. The lowest BCUT2D eigenvalue weighted by Crippen LogP contribution is -2.54. The molecule has 20 heavy (non-hydrogen) atoms. The van der Waals surface area contributed by atoms with E-state index in [1.807, 2.05) is 6.07 Å². The summed E-state index contributed by atoms with van der Waals surface area (Å²) in [5, 5.41) is 13.1. The molecule has 2 N–H and O–H groups in total. The number of hydrogen-bond donors (Lipinski definition) is 2. The van der Waals surface area contributed by atoms with Gasteiger partial charge < -0.3 is 20.1 Å². The Bertz CT molecular complexity index is 480. The van der Waals surface area contributed by atoms with E-state index < -0.39 is 0 Å². The number of piperazine rings is 1. The molecule has 3 rings (SSSR count). The predicted molar refractivity (Wildman–Crippen MR) is 78.3 cm³/mol. The first kappa shape index (κ1) is 13.7. The minimum Gasteiger partial charge on any atom is -0.508 e. The lowest BCUT2D eigenvalue weighted by Gasteiger charge is -2.38. The summed E-state index contributed by atoms with van der Waals surface area (Å²) in [6, 6.07) is 6.13. The van der Waals surface area contributed by atoms with E-state index in [0.717, 1.165) is 37.5 Å². The molecule has 2 heterocycles. The molecule has 2 aliphatic heterocycles. The van der Waals surface area contributed by atoms with Crippen molar-refractivity contribution in [1.82, 2.24) is 15.1 Å². The molecule has 0 amide bonds. The van der Waals surface area contributed by atoms with Gasteiger partial charge in [0, 0.05) is 43.9 Å². The summed E-state index contributed by atoms with van der Waals surface area (Å²) >= 11 is 0. The van der Waals surface area contributed by atoms with E-state index in [1.165, 1.54) is 0 Å². The van der Waals surface area contributed by atoms with E-state index in [4.69, 9.17) is 4.74 Å². The average molecular weight is 277 g/mol. The van der Waals surface area contributed by atoms with Crippen LogP contribution in [0.1, 0.15) is 11.6 Å². The number of ether oxygens (including phenoxy) is 1. The smallest absolute Gasteiger partial charge is 0.127 e. The Morgan fingerprint density at radius 2 is 2.20 bits per heavy atom. The van der Waals surface area contributed by atoms with Gasteiger partial charge in [0.05, 0.1) is 6.04 Å². The van der Waals surface area contributed by atoms with Crippen LogP contribution in [-0.2, 0) is 0 Å². The molecule has 2 aliphatic rings. The zero-order valence-electron chi connectivity index (χ0n) is 12.2. The fourth-order valence-corrected chi connectivity index (χ4v) is 2.97. The summed E-state index contributed by atoms with van der Waals surface area (Å²) in [6.45, 7) is 4.95. The molecule has 0 saturated carbocycles. The molecule has 1 aromatic rings. The molecular formula is C15H23N3O2. The van der Waals surface area contributed by atoms with E-state index >= 15 is 0 Å². The third-order valence-electron chi connectivity index (χ3n) is 4.36. The Labute approximate surface area is 120 Å². The number of nitrogens with zero attached hydrogens (tertiary/aromatic N) is 2. The predicted octanol–water partition coefficient (Wildman–Crippen LogP) is 0.661. The van der Waals surface area contributed by atoms with Gasteiger partial charge in [-0.3, -0.25) is 4.90 Å². The fourth-order valence-electron chi connectivity index (χ4n) is 2.97. The Balaban J connectivity index is 1.60. The van der Waals surface area contributed by atoms with Crippen molar-refractivity contribution in [3.63, 3.8) is 0 Å². The summed E-state index contributed by atoms with van der Waals surface area (Å²) in [7, 11) is 4.37. The number of aromatic hydroxyl groups is 1. The molecule has 1 aromatic carbocycles. The largest absolute Gasteiger partial charge is 0.508 e. The van der Waals surface area contributed by atoms with Crippen LogP contribution in [0.3, 0.4) is 0 Å². The second-order valence-corrected chi connectivity index (χ2v) is 5.89. The van der Waals surface area contributed by atoms with Crippen molar-refractivity contribution in [2.75, 3.05) is 46.9 Å². The van der Waals surface area contributed by atoms with Gasteiger partial charge in [-0.05, 0) is 26.2 Å². The maximum atomic E-state index is 9.47. The molecule has 0 aliphatic carbocycles. The van der Waals surface area contributed by atoms with Crippen LogP contribution in [0.5, 0.6) is 11.5 Å². The highest BCUT2D eigenvalue weighted by Gasteiger charge is 2.27. The van der Waals surface area contributed by atoms with E-state index in [1.54, 1.807) is 12.1 Å². The lowest BCUT2D eigenvalue weighted by atomic mass is 10.1. The van der Waals surface area contributed by atoms with Gasteiger partial charge >= 0.3 is 0 Å². The molecule has 110 valence electrons. The van der Waals surface area contributed by atoms with Crippen molar-refractivity contribution >= 4 is 0 Å². The summed E-state index contributed by atoms with van der Waals surface area (Å²) in [5.41, 5.74) is 1.15. The second kappa shape index (κ2) is 5.60. The molecule has 1 saturated heterocycles. The standard InChI is InChI=1S/C15H23N3O2/c1-17-5-6-18(2)11(9-17)8-16-14-10-20-15-7-12(19)3-4-13(14)15/h3-4,7,11,14,16,19H,5-6,8-10H2,1-2H3. The van der Waals surface area contributed by atoms with Crippen LogP contribution < -0.4 is 10.1 Å². The van der Waals surface area contributed by atoms with Gasteiger partial charge in [-0.1, -0.05) is 0 Å². The average Bonchev–Trinajstić information content (AvgIpc) is 2.82. The monoisotopic (exact) mass is 277 g/mol. The fraction of sp³-hybridized carbons (Fsp3) is 0.600. The van der Waals surface area contributed by atoms with Crippen LogP contribution in [0.2, 0.25) is 0 Å². The van der Waals surface area contributed by atoms with E-state index in [9.17, 15) is 5.11 Å². The van der Waals surface area contributed by atoms with Crippen molar-refractivity contribution in [3.05, 3.63) is 23.8 Å². The first-order chi connectivity index (χ1) is 9.63. The molecule has 1 fully saturated rings. The molecule has 5 heteroatoms. The van der Waals surface area contributed by atoms with Crippen molar-refractivity contribution in [2.24, 2.45) is 0 Å². The highest BCUT2D eigenvalue weighted by molar-refractivity contribution is 5.44.